The highest BCUT2D eigenvalue weighted by molar-refractivity contribution is 5.91. The van der Waals surface area contributed by atoms with Crippen molar-refractivity contribution in [1.82, 2.24) is 10.2 Å². The van der Waals surface area contributed by atoms with Crippen LogP contribution in [0.3, 0.4) is 0 Å². The maximum Gasteiger partial charge on any atom is 0.345 e. The summed E-state index contributed by atoms with van der Waals surface area (Å²) in [5, 5.41) is 2.54. The number of hydrogen-bond acceptors (Lipinski definition) is 3. The molecule has 2 rings (SSSR count). The van der Waals surface area contributed by atoms with Gasteiger partial charge in [-0.25, -0.2) is 0 Å². The summed E-state index contributed by atoms with van der Waals surface area (Å²) in [6.07, 6.45) is 0.247. The highest BCUT2D eigenvalue weighted by Gasteiger charge is 2.38. The predicted molar refractivity (Wildman–Crippen MR) is 48.6 cm³/mol. The molecule has 7 heteroatoms. The van der Waals surface area contributed by atoms with E-state index >= 15 is 0 Å². The fourth-order valence-corrected chi connectivity index (χ4v) is 1.87. The van der Waals surface area contributed by atoms with E-state index < -0.39 is 18.8 Å². The summed E-state index contributed by atoms with van der Waals surface area (Å²) in [6.45, 7) is -2.45. The number of carbonyl (C=O) groups excluding carboxylic acids is 2. The zero-order valence-electron chi connectivity index (χ0n) is 8.49. The van der Waals surface area contributed by atoms with Crippen molar-refractivity contribution in [3.05, 3.63) is 0 Å². The molecule has 0 aliphatic carbocycles. The maximum atomic E-state index is 11.8. The van der Waals surface area contributed by atoms with Crippen LogP contribution >= 0.6 is 0 Å². The first-order chi connectivity index (χ1) is 7.56. The molecule has 5 nitrogen and oxygen atoms in total. The Hall–Kier alpha value is -1.24. The molecule has 90 valence electrons. The molecule has 0 aromatic rings. The van der Waals surface area contributed by atoms with Gasteiger partial charge in [0.25, 0.3) is 0 Å². The van der Waals surface area contributed by atoms with Crippen LogP contribution in [0.25, 0.3) is 0 Å². The summed E-state index contributed by atoms with van der Waals surface area (Å²) in [7, 11) is 0. The molecule has 0 spiro atoms. The van der Waals surface area contributed by atoms with Gasteiger partial charge in [-0.05, 0) is 6.42 Å². The molecule has 1 atom stereocenters. The van der Waals surface area contributed by atoms with Gasteiger partial charge in [-0.3, -0.25) is 9.59 Å². The van der Waals surface area contributed by atoms with Crippen molar-refractivity contribution in [3.63, 3.8) is 0 Å². The molecule has 0 radical (unpaired) electrons. The predicted octanol–water partition coefficient (Wildman–Crippen LogP) is -0.285. The van der Waals surface area contributed by atoms with E-state index in [0.29, 0.717) is 12.8 Å². The lowest BCUT2D eigenvalue weighted by Crippen LogP contribution is -2.59. The fourth-order valence-electron chi connectivity index (χ4n) is 1.87. The molecule has 1 unspecified atom stereocenters. The van der Waals surface area contributed by atoms with Gasteiger partial charge >= 0.3 is 6.61 Å². The van der Waals surface area contributed by atoms with Crippen molar-refractivity contribution in [2.24, 2.45) is 0 Å². The topological polar surface area (TPSA) is 58.6 Å². The van der Waals surface area contributed by atoms with Crippen LogP contribution < -0.4 is 5.32 Å². The third kappa shape index (κ3) is 2.29. The van der Waals surface area contributed by atoms with Gasteiger partial charge in [-0.1, -0.05) is 0 Å². The Morgan fingerprint density at radius 1 is 1.50 bits per heavy atom. The normalized spacial score (nSPS) is 25.8. The van der Waals surface area contributed by atoms with Crippen molar-refractivity contribution >= 4 is 11.8 Å². The Morgan fingerprint density at radius 3 is 2.69 bits per heavy atom. The van der Waals surface area contributed by atoms with Crippen molar-refractivity contribution in [3.8, 4) is 0 Å². The number of nitrogens with zero attached hydrogens (tertiary/aromatic N) is 1. The molecule has 0 saturated carbocycles. The van der Waals surface area contributed by atoms with Gasteiger partial charge in [0.05, 0.1) is 6.10 Å². The lowest BCUT2D eigenvalue weighted by Gasteiger charge is -2.39. The average Bonchev–Trinajstić information content (AvgIpc) is 2.56. The molecule has 2 amide bonds. The number of hydrogen-bond donors (Lipinski definition) is 1. The van der Waals surface area contributed by atoms with E-state index in [0.717, 1.165) is 0 Å². The summed E-state index contributed by atoms with van der Waals surface area (Å²) in [5.41, 5.74) is 0. The number of likely N-dealkylation sites (tertiary alicyclic amines) is 1. The van der Waals surface area contributed by atoms with E-state index in [-0.39, 0.29) is 24.9 Å². The minimum atomic E-state index is -2.80. The smallest absolute Gasteiger partial charge is 0.344 e. The minimum Gasteiger partial charge on any atom is -0.344 e. The monoisotopic (exact) mass is 234 g/mol. The van der Waals surface area contributed by atoms with E-state index in [1.807, 2.05) is 0 Å². The second-order valence-electron chi connectivity index (χ2n) is 3.92. The third-order valence-corrected chi connectivity index (χ3v) is 2.75. The molecule has 1 N–H and O–H groups in total. The van der Waals surface area contributed by atoms with E-state index in [1.165, 1.54) is 4.90 Å². The van der Waals surface area contributed by atoms with Crippen LogP contribution in [0.1, 0.15) is 12.8 Å². The maximum absolute atomic E-state index is 11.8. The summed E-state index contributed by atoms with van der Waals surface area (Å²) in [5.74, 6) is -0.348. The molecule has 2 aliphatic rings. The fraction of sp³-hybridized carbons (Fsp3) is 0.778. The second kappa shape index (κ2) is 4.32. The summed E-state index contributed by atoms with van der Waals surface area (Å²) in [6, 6.07) is -0.486. The van der Waals surface area contributed by atoms with Crippen LogP contribution in [0, 0.1) is 0 Å². The highest BCUT2D eigenvalue weighted by atomic mass is 19.3. The van der Waals surface area contributed by atoms with Gasteiger partial charge in [0.1, 0.15) is 6.04 Å². The quantitative estimate of drug-likeness (QED) is 0.730. The summed E-state index contributed by atoms with van der Waals surface area (Å²) in [4.78, 5) is 24.0. The first-order valence-electron chi connectivity index (χ1n) is 5.08. The first-order valence-corrected chi connectivity index (χ1v) is 5.08. The minimum absolute atomic E-state index is 0.140. The number of nitrogens with one attached hydrogen (secondary N) is 1. The van der Waals surface area contributed by atoms with Gasteiger partial charge in [-0.15, -0.1) is 0 Å². The molecular weight excluding hydrogens is 222 g/mol. The van der Waals surface area contributed by atoms with Crippen molar-refractivity contribution in [2.45, 2.75) is 31.6 Å². The number of carbonyl (C=O) groups is 2. The Kier molecular flexibility index (Phi) is 3.04. The molecule has 2 fully saturated rings. The van der Waals surface area contributed by atoms with E-state index in [9.17, 15) is 18.4 Å². The standard InChI is InChI=1S/C9H12F2N2O3/c10-9(11)16-5-3-13(4-5)8(15)6-1-2-7(14)12-6/h5-6,9H,1-4H2,(H,12,14). The molecule has 0 aromatic heterocycles. The van der Waals surface area contributed by atoms with Crippen LogP contribution in [0.4, 0.5) is 8.78 Å². The van der Waals surface area contributed by atoms with Crippen LogP contribution in [0.5, 0.6) is 0 Å². The van der Waals surface area contributed by atoms with Gasteiger partial charge in [0, 0.05) is 19.5 Å². The Bertz CT molecular complexity index is 305. The Labute approximate surface area is 90.7 Å². The molecule has 16 heavy (non-hydrogen) atoms. The highest BCUT2D eigenvalue weighted by Crippen LogP contribution is 2.18. The van der Waals surface area contributed by atoms with Gasteiger partial charge < -0.3 is 15.0 Å². The van der Waals surface area contributed by atoms with E-state index in [4.69, 9.17) is 0 Å². The van der Waals surface area contributed by atoms with Crippen LogP contribution in [0.15, 0.2) is 0 Å². The number of alkyl halides is 2. The number of rotatable bonds is 3. The zero-order chi connectivity index (χ0) is 11.7. The SMILES string of the molecule is O=C1CCC(C(=O)N2CC(OC(F)F)C2)N1. The second-order valence-corrected chi connectivity index (χ2v) is 3.92. The molecule has 2 heterocycles. The van der Waals surface area contributed by atoms with Crippen LogP contribution in [0.2, 0.25) is 0 Å². The first kappa shape index (κ1) is 11.3. The van der Waals surface area contributed by atoms with Crippen LogP contribution in [-0.2, 0) is 14.3 Å². The molecule has 2 aliphatic heterocycles. The summed E-state index contributed by atoms with van der Waals surface area (Å²) < 4.78 is 27.8. The number of halogens is 2. The summed E-state index contributed by atoms with van der Waals surface area (Å²) >= 11 is 0. The van der Waals surface area contributed by atoms with Crippen molar-refractivity contribution < 1.29 is 23.1 Å². The zero-order valence-corrected chi connectivity index (χ0v) is 8.49. The molecule has 2 saturated heterocycles. The lowest BCUT2D eigenvalue weighted by atomic mass is 10.1. The largest absolute Gasteiger partial charge is 0.345 e. The molecule has 0 bridgehead atoms. The van der Waals surface area contributed by atoms with Gasteiger partial charge in [0.15, 0.2) is 0 Å². The van der Waals surface area contributed by atoms with Crippen molar-refractivity contribution in [2.75, 3.05) is 13.1 Å². The van der Waals surface area contributed by atoms with Gasteiger partial charge in [-0.2, -0.15) is 8.78 Å². The van der Waals surface area contributed by atoms with Gasteiger partial charge in [0.2, 0.25) is 11.8 Å². The third-order valence-electron chi connectivity index (χ3n) is 2.75. The Balaban J connectivity index is 1.75. The van der Waals surface area contributed by atoms with Crippen LogP contribution in [-0.4, -0.2) is 48.6 Å². The average molecular weight is 234 g/mol. The lowest BCUT2D eigenvalue weighted by molar-refractivity contribution is -0.199. The number of amides is 2. The Morgan fingerprint density at radius 2 is 2.19 bits per heavy atom. The molecule has 0 aromatic carbocycles. The van der Waals surface area contributed by atoms with E-state index in [1.54, 1.807) is 0 Å². The van der Waals surface area contributed by atoms with Crippen molar-refractivity contribution in [1.29, 1.82) is 0 Å². The number of ether oxygens (including phenoxy) is 1. The van der Waals surface area contributed by atoms with E-state index in [2.05, 4.69) is 10.1 Å². The molecular formula is C9H12F2N2O3.